The Hall–Kier alpha value is -1.84. The van der Waals surface area contributed by atoms with Crippen LogP contribution in [-0.4, -0.2) is 35.2 Å². The van der Waals surface area contributed by atoms with Gasteiger partial charge in [0.2, 0.25) is 0 Å². The van der Waals surface area contributed by atoms with Gasteiger partial charge in [-0.05, 0) is 56.0 Å². The third kappa shape index (κ3) is 4.42. The summed E-state index contributed by atoms with van der Waals surface area (Å²) >= 11 is 0. The van der Waals surface area contributed by atoms with Crippen LogP contribution in [0.2, 0.25) is 0 Å². The molecule has 2 aromatic rings. The first-order valence-electron chi connectivity index (χ1n) is 9.40. The summed E-state index contributed by atoms with van der Waals surface area (Å²) in [5, 5.41) is 10.9. The Bertz CT molecular complexity index is 658. The zero-order valence-corrected chi connectivity index (χ0v) is 15.3. The van der Waals surface area contributed by atoms with Gasteiger partial charge in [-0.3, -0.25) is 4.90 Å². The molecule has 0 fully saturated rings. The van der Waals surface area contributed by atoms with E-state index in [1.165, 1.54) is 5.56 Å². The number of aliphatic hydroxyl groups excluding tert-OH is 1. The number of aryl methyl sites for hydroxylation is 1. The topological polar surface area (TPSA) is 32.7 Å². The quantitative estimate of drug-likeness (QED) is 0.820. The molecule has 0 heterocycles. The lowest BCUT2D eigenvalue weighted by Gasteiger charge is -2.39. The molecule has 0 amide bonds. The van der Waals surface area contributed by atoms with Crippen LogP contribution in [0, 0.1) is 0 Å². The van der Waals surface area contributed by atoms with Gasteiger partial charge in [-0.1, -0.05) is 49.4 Å². The molecule has 3 nitrogen and oxygen atoms in total. The Kier molecular flexibility index (Phi) is 6.11. The second-order valence-electron chi connectivity index (χ2n) is 6.99. The number of ether oxygens (including phenoxy) is 1. The van der Waals surface area contributed by atoms with Crippen molar-refractivity contribution >= 4 is 0 Å². The van der Waals surface area contributed by atoms with Crippen molar-refractivity contribution in [3.8, 4) is 5.75 Å². The van der Waals surface area contributed by atoms with Crippen LogP contribution in [0.4, 0.5) is 0 Å². The average molecular weight is 339 g/mol. The van der Waals surface area contributed by atoms with Gasteiger partial charge in [0.15, 0.2) is 0 Å². The summed E-state index contributed by atoms with van der Waals surface area (Å²) in [5.74, 6) is 0.904. The molecule has 2 aromatic carbocycles. The number of rotatable bonds is 7. The van der Waals surface area contributed by atoms with Crippen LogP contribution in [-0.2, 0) is 6.42 Å². The Morgan fingerprint density at radius 2 is 1.84 bits per heavy atom. The molecule has 1 aliphatic rings. The summed E-state index contributed by atoms with van der Waals surface area (Å²) < 4.78 is 6.06. The van der Waals surface area contributed by atoms with Crippen molar-refractivity contribution in [1.29, 1.82) is 0 Å². The Labute approximate surface area is 151 Å². The maximum absolute atomic E-state index is 10.9. The van der Waals surface area contributed by atoms with Crippen LogP contribution in [0.3, 0.4) is 0 Å². The normalized spacial score (nSPS) is 21.0. The number of fused-ring (bicyclic) bond motifs is 1. The molecule has 3 heteroatoms. The fourth-order valence-corrected chi connectivity index (χ4v) is 3.88. The smallest absolute Gasteiger partial charge is 0.119 e. The molecule has 3 atom stereocenters. The monoisotopic (exact) mass is 339 g/mol. The number of hydrogen-bond acceptors (Lipinski definition) is 3. The zero-order valence-electron chi connectivity index (χ0n) is 15.3. The molecular weight excluding hydrogens is 310 g/mol. The third-order valence-corrected chi connectivity index (χ3v) is 5.00. The Morgan fingerprint density at radius 3 is 2.60 bits per heavy atom. The van der Waals surface area contributed by atoms with Crippen molar-refractivity contribution in [2.24, 2.45) is 0 Å². The fourth-order valence-electron chi connectivity index (χ4n) is 3.88. The van der Waals surface area contributed by atoms with E-state index >= 15 is 0 Å². The van der Waals surface area contributed by atoms with Crippen molar-refractivity contribution in [2.75, 3.05) is 13.1 Å². The standard InChI is InChI=1S/C22H29NO2/c1-3-15-23(16-17(2)25-19-10-5-4-6-11-19)21-14-13-18-9-7-8-12-20(18)22(21)24/h4-12,17,21-22,24H,3,13-16H2,1-2H3. The number of benzene rings is 2. The summed E-state index contributed by atoms with van der Waals surface area (Å²) in [7, 11) is 0. The second kappa shape index (κ2) is 8.50. The maximum atomic E-state index is 10.9. The van der Waals surface area contributed by atoms with Crippen LogP contribution in [0.25, 0.3) is 0 Å². The van der Waals surface area contributed by atoms with Gasteiger partial charge in [0.1, 0.15) is 11.9 Å². The molecule has 25 heavy (non-hydrogen) atoms. The molecule has 0 bridgehead atoms. The highest BCUT2D eigenvalue weighted by atomic mass is 16.5. The lowest BCUT2D eigenvalue weighted by molar-refractivity contribution is 0.0175. The first-order valence-corrected chi connectivity index (χ1v) is 9.40. The summed E-state index contributed by atoms with van der Waals surface area (Å²) in [6.07, 6.45) is 2.77. The van der Waals surface area contributed by atoms with Gasteiger partial charge >= 0.3 is 0 Å². The second-order valence-corrected chi connectivity index (χ2v) is 6.99. The molecule has 0 radical (unpaired) electrons. The molecular formula is C22H29NO2. The minimum absolute atomic E-state index is 0.0818. The van der Waals surface area contributed by atoms with Gasteiger partial charge in [0.25, 0.3) is 0 Å². The van der Waals surface area contributed by atoms with E-state index in [2.05, 4.69) is 36.9 Å². The van der Waals surface area contributed by atoms with Crippen LogP contribution in [0.5, 0.6) is 5.75 Å². The fraction of sp³-hybridized carbons (Fsp3) is 0.455. The first-order chi connectivity index (χ1) is 12.2. The lowest BCUT2D eigenvalue weighted by Crippen LogP contribution is -2.46. The molecule has 0 aliphatic heterocycles. The van der Waals surface area contributed by atoms with Crippen molar-refractivity contribution in [2.45, 2.75) is 51.4 Å². The van der Waals surface area contributed by atoms with Gasteiger partial charge in [-0.25, -0.2) is 0 Å². The highest BCUT2D eigenvalue weighted by molar-refractivity contribution is 5.32. The third-order valence-electron chi connectivity index (χ3n) is 5.00. The predicted molar refractivity (Wildman–Crippen MR) is 102 cm³/mol. The van der Waals surface area contributed by atoms with E-state index in [4.69, 9.17) is 4.74 Å². The lowest BCUT2D eigenvalue weighted by atomic mass is 9.85. The van der Waals surface area contributed by atoms with E-state index in [1.807, 2.05) is 36.4 Å². The number of para-hydroxylation sites is 1. The number of aliphatic hydroxyl groups is 1. The van der Waals surface area contributed by atoms with E-state index < -0.39 is 6.10 Å². The highest BCUT2D eigenvalue weighted by Crippen LogP contribution is 2.33. The zero-order chi connectivity index (χ0) is 17.6. The van der Waals surface area contributed by atoms with Crippen LogP contribution in [0.15, 0.2) is 54.6 Å². The van der Waals surface area contributed by atoms with E-state index in [-0.39, 0.29) is 12.1 Å². The number of hydrogen-bond donors (Lipinski definition) is 1. The Balaban J connectivity index is 1.68. The molecule has 1 aliphatic carbocycles. The Morgan fingerprint density at radius 1 is 1.12 bits per heavy atom. The van der Waals surface area contributed by atoms with Crippen LogP contribution in [0.1, 0.15) is 43.9 Å². The molecule has 0 saturated carbocycles. The average Bonchev–Trinajstić information content (AvgIpc) is 2.63. The molecule has 3 rings (SSSR count). The predicted octanol–water partition coefficient (Wildman–Crippen LogP) is 4.21. The van der Waals surface area contributed by atoms with Crippen LogP contribution < -0.4 is 4.74 Å². The van der Waals surface area contributed by atoms with Gasteiger partial charge < -0.3 is 9.84 Å². The molecule has 0 spiro atoms. The van der Waals surface area contributed by atoms with Crippen molar-refractivity contribution in [3.05, 3.63) is 65.7 Å². The van der Waals surface area contributed by atoms with Gasteiger partial charge in [0.05, 0.1) is 6.10 Å². The van der Waals surface area contributed by atoms with Gasteiger partial charge in [-0.2, -0.15) is 0 Å². The summed E-state index contributed by atoms with van der Waals surface area (Å²) in [5.41, 5.74) is 2.38. The molecule has 0 aromatic heterocycles. The molecule has 134 valence electrons. The molecule has 1 N–H and O–H groups in total. The minimum Gasteiger partial charge on any atom is -0.489 e. The largest absolute Gasteiger partial charge is 0.489 e. The molecule has 0 saturated heterocycles. The SMILES string of the molecule is CCCN(CC(C)Oc1ccccc1)C1CCc2ccccc2C1O. The van der Waals surface area contributed by atoms with Gasteiger partial charge in [0, 0.05) is 12.6 Å². The maximum Gasteiger partial charge on any atom is 0.119 e. The highest BCUT2D eigenvalue weighted by Gasteiger charge is 2.32. The van der Waals surface area contributed by atoms with E-state index in [0.29, 0.717) is 0 Å². The van der Waals surface area contributed by atoms with E-state index in [9.17, 15) is 5.11 Å². The van der Waals surface area contributed by atoms with Crippen LogP contribution >= 0.6 is 0 Å². The summed E-state index contributed by atoms with van der Waals surface area (Å²) in [6.45, 7) is 6.11. The van der Waals surface area contributed by atoms with E-state index in [1.54, 1.807) is 0 Å². The van der Waals surface area contributed by atoms with Crippen molar-refractivity contribution < 1.29 is 9.84 Å². The molecule has 3 unspecified atom stereocenters. The van der Waals surface area contributed by atoms with Crippen molar-refractivity contribution in [3.63, 3.8) is 0 Å². The summed E-state index contributed by atoms with van der Waals surface area (Å²) in [4.78, 5) is 2.41. The minimum atomic E-state index is -0.416. The van der Waals surface area contributed by atoms with Gasteiger partial charge in [-0.15, -0.1) is 0 Å². The number of nitrogens with zero attached hydrogens (tertiary/aromatic N) is 1. The first kappa shape index (κ1) is 18.0. The summed E-state index contributed by atoms with van der Waals surface area (Å²) in [6, 6.07) is 18.4. The van der Waals surface area contributed by atoms with E-state index in [0.717, 1.165) is 43.7 Å². The van der Waals surface area contributed by atoms with Crippen molar-refractivity contribution in [1.82, 2.24) is 4.90 Å².